The van der Waals surface area contributed by atoms with Gasteiger partial charge < -0.3 is 4.74 Å². The molecule has 1 amide bonds. The third kappa shape index (κ3) is 4.39. The molecule has 0 saturated carbocycles. The van der Waals surface area contributed by atoms with Crippen LogP contribution in [0, 0.1) is 18.8 Å². The minimum Gasteiger partial charge on any atom is -0.450 e. The van der Waals surface area contributed by atoms with Crippen LogP contribution in [0.4, 0.5) is 10.5 Å². The lowest BCUT2D eigenvalue weighted by Crippen LogP contribution is -2.14. The normalized spacial score (nSPS) is 9.43. The summed E-state index contributed by atoms with van der Waals surface area (Å²) in [6.45, 7) is 4.14. The number of anilines is 1. The number of nitrogens with one attached hydrogen (secondary N) is 1. The molecule has 0 aromatic heterocycles. The molecule has 0 aliphatic heterocycles. The maximum Gasteiger partial charge on any atom is 0.411 e. The van der Waals surface area contributed by atoms with Gasteiger partial charge in [-0.2, -0.15) is 0 Å². The van der Waals surface area contributed by atoms with Gasteiger partial charge in [0.15, 0.2) is 0 Å². The second-order valence-electron chi connectivity index (χ2n) is 4.51. The highest BCUT2D eigenvalue weighted by Gasteiger charge is 2.04. The molecule has 0 fully saturated rings. The van der Waals surface area contributed by atoms with Crippen molar-refractivity contribution in [2.24, 2.45) is 0 Å². The zero-order chi connectivity index (χ0) is 15.1. The van der Waals surface area contributed by atoms with Crippen LogP contribution in [-0.2, 0) is 4.74 Å². The Balaban J connectivity index is 2.21. The standard InChI is InChI=1S/C18H17NO2/c1-3-21-18(20)19-17-7-5-4-6-16(17)13-12-15-10-8-14(2)9-11-15/h4-11H,3H2,1-2H3,(H,19,20). The van der Waals surface area contributed by atoms with E-state index in [0.29, 0.717) is 12.3 Å². The van der Waals surface area contributed by atoms with Crippen molar-refractivity contribution in [3.05, 3.63) is 65.2 Å². The summed E-state index contributed by atoms with van der Waals surface area (Å²) in [7, 11) is 0. The minimum atomic E-state index is -0.470. The number of carbonyl (C=O) groups excluding carboxylic acids is 1. The SMILES string of the molecule is CCOC(=O)Nc1ccccc1C#Cc1ccc(C)cc1. The fourth-order valence-corrected chi connectivity index (χ4v) is 1.75. The molecule has 3 heteroatoms. The van der Waals surface area contributed by atoms with Crippen LogP contribution in [0.25, 0.3) is 0 Å². The monoisotopic (exact) mass is 279 g/mol. The molecule has 0 bridgehead atoms. The van der Waals surface area contributed by atoms with Crippen LogP contribution in [0.5, 0.6) is 0 Å². The Morgan fingerprint density at radius 3 is 2.52 bits per heavy atom. The molecule has 106 valence electrons. The second-order valence-corrected chi connectivity index (χ2v) is 4.51. The summed E-state index contributed by atoms with van der Waals surface area (Å²) in [4.78, 5) is 11.5. The number of aryl methyl sites for hydroxylation is 1. The Morgan fingerprint density at radius 2 is 1.81 bits per heavy atom. The fourth-order valence-electron chi connectivity index (χ4n) is 1.75. The summed E-state index contributed by atoms with van der Waals surface area (Å²) in [6.07, 6.45) is -0.470. The van der Waals surface area contributed by atoms with Crippen molar-refractivity contribution < 1.29 is 9.53 Å². The smallest absolute Gasteiger partial charge is 0.411 e. The largest absolute Gasteiger partial charge is 0.450 e. The van der Waals surface area contributed by atoms with E-state index in [1.54, 1.807) is 13.0 Å². The highest BCUT2D eigenvalue weighted by molar-refractivity contribution is 5.86. The summed E-state index contributed by atoms with van der Waals surface area (Å²) in [5.41, 5.74) is 3.54. The van der Waals surface area contributed by atoms with Gasteiger partial charge in [-0.05, 0) is 38.1 Å². The lowest BCUT2D eigenvalue weighted by Gasteiger charge is -2.06. The van der Waals surface area contributed by atoms with Crippen LogP contribution in [0.3, 0.4) is 0 Å². The molecule has 0 aliphatic rings. The molecule has 0 radical (unpaired) electrons. The number of hydrogen-bond donors (Lipinski definition) is 1. The van der Waals surface area contributed by atoms with Crippen molar-refractivity contribution in [3.8, 4) is 11.8 Å². The van der Waals surface area contributed by atoms with E-state index in [0.717, 1.165) is 11.1 Å². The van der Waals surface area contributed by atoms with Gasteiger partial charge in [-0.15, -0.1) is 0 Å². The molecule has 2 aromatic rings. The molecule has 0 saturated heterocycles. The Kier molecular flexibility index (Phi) is 5.00. The molecule has 0 aliphatic carbocycles. The molecule has 0 atom stereocenters. The van der Waals surface area contributed by atoms with Crippen LogP contribution < -0.4 is 5.32 Å². The van der Waals surface area contributed by atoms with Crippen molar-refractivity contribution in [1.29, 1.82) is 0 Å². The van der Waals surface area contributed by atoms with Gasteiger partial charge in [0, 0.05) is 11.1 Å². The van der Waals surface area contributed by atoms with Crippen LogP contribution in [0.1, 0.15) is 23.6 Å². The summed E-state index contributed by atoms with van der Waals surface area (Å²) in [5.74, 6) is 6.17. The fraction of sp³-hybridized carbons (Fsp3) is 0.167. The first-order valence-electron chi connectivity index (χ1n) is 6.80. The van der Waals surface area contributed by atoms with Crippen molar-refractivity contribution in [2.45, 2.75) is 13.8 Å². The number of rotatable bonds is 2. The molecule has 2 aromatic carbocycles. The number of amides is 1. The van der Waals surface area contributed by atoms with Gasteiger partial charge >= 0.3 is 6.09 Å². The number of ether oxygens (including phenoxy) is 1. The van der Waals surface area contributed by atoms with Gasteiger partial charge in [0.1, 0.15) is 0 Å². The van der Waals surface area contributed by atoms with E-state index in [9.17, 15) is 4.79 Å². The first-order valence-corrected chi connectivity index (χ1v) is 6.80. The first kappa shape index (κ1) is 14.7. The van der Waals surface area contributed by atoms with Crippen LogP contribution >= 0.6 is 0 Å². The Morgan fingerprint density at radius 1 is 1.10 bits per heavy atom. The van der Waals surface area contributed by atoms with Crippen molar-refractivity contribution in [2.75, 3.05) is 11.9 Å². The maximum absolute atomic E-state index is 11.5. The second kappa shape index (κ2) is 7.16. The molecule has 1 N–H and O–H groups in total. The number of para-hydroxylation sites is 1. The van der Waals surface area contributed by atoms with E-state index >= 15 is 0 Å². The van der Waals surface area contributed by atoms with E-state index in [1.807, 2.05) is 49.4 Å². The highest BCUT2D eigenvalue weighted by Crippen LogP contribution is 2.14. The molecule has 0 heterocycles. The summed E-state index contributed by atoms with van der Waals surface area (Å²) >= 11 is 0. The van der Waals surface area contributed by atoms with Crippen LogP contribution in [0.2, 0.25) is 0 Å². The van der Waals surface area contributed by atoms with Crippen molar-refractivity contribution in [1.82, 2.24) is 0 Å². The van der Waals surface area contributed by atoms with Gasteiger partial charge in [-0.1, -0.05) is 41.7 Å². The van der Waals surface area contributed by atoms with Gasteiger partial charge in [-0.25, -0.2) is 4.79 Å². The van der Waals surface area contributed by atoms with E-state index in [4.69, 9.17) is 4.74 Å². The summed E-state index contributed by atoms with van der Waals surface area (Å²) in [6, 6.07) is 15.4. The molecule has 0 unspecified atom stereocenters. The number of carbonyl (C=O) groups is 1. The highest BCUT2D eigenvalue weighted by atomic mass is 16.5. The number of hydrogen-bond acceptors (Lipinski definition) is 2. The van der Waals surface area contributed by atoms with Gasteiger partial charge in [-0.3, -0.25) is 5.32 Å². The predicted molar refractivity (Wildman–Crippen MR) is 84.2 cm³/mol. The van der Waals surface area contributed by atoms with Gasteiger partial charge in [0.25, 0.3) is 0 Å². The van der Waals surface area contributed by atoms with Crippen LogP contribution in [0.15, 0.2) is 48.5 Å². The Bertz CT molecular complexity index is 678. The lowest BCUT2D eigenvalue weighted by molar-refractivity contribution is 0.168. The Labute approximate surface area is 125 Å². The molecular weight excluding hydrogens is 262 g/mol. The summed E-state index contributed by atoms with van der Waals surface area (Å²) in [5, 5.41) is 2.69. The first-order chi connectivity index (χ1) is 10.2. The molecule has 21 heavy (non-hydrogen) atoms. The Hall–Kier alpha value is -2.73. The van der Waals surface area contributed by atoms with Gasteiger partial charge in [0.2, 0.25) is 0 Å². The van der Waals surface area contributed by atoms with Gasteiger partial charge in [0.05, 0.1) is 12.3 Å². The van der Waals surface area contributed by atoms with E-state index in [2.05, 4.69) is 17.2 Å². The zero-order valence-electron chi connectivity index (χ0n) is 12.1. The maximum atomic E-state index is 11.5. The average molecular weight is 279 g/mol. The third-order valence-corrected chi connectivity index (χ3v) is 2.83. The summed E-state index contributed by atoms with van der Waals surface area (Å²) < 4.78 is 4.88. The average Bonchev–Trinajstić information content (AvgIpc) is 2.48. The zero-order valence-corrected chi connectivity index (χ0v) is 12.1. The molecule has 2 rings (SSSR count). The topological polar surface area (TPSA) is 38.3 Å². The van der Waals surface area contributed by atoms with E-state index < -0.39 is 6.09 Å². The molecular formula is C18H17NO2. The van der Waals surface area contributed by atoms with E-state index in [-0.39, 0.29) is 0 Å². The number of benzene rings is 2. The van der Waals surface area contributed by atoms with Crippen molar-refractivity contribution in [3.63, 3.8) is 0 Å². The minimum absolute atomic E-state index is 0.336. The third-order valence-electron chi connectivity index (χ3n) is 2.83. The molecule has 0 spiro atoms. The quantitative estimate of drug-likeness (QED) is 0.845. The van der Waals surface area contributed by atoms with Crippen LogP contribution in [-0.4, -0.2) is 12.7 Å². The van der Waals surface area contributed by atoms with Crippen molar-refractivity contribution >= 4 is 11.8 Å². The van der Waals surface area contributed by atoms with E-state index in [1.165, 1.54) is 5.56 Å². The molecule has 3 nitrogen and oxygen atoms in total. The predicted octanol–water partition coefficient (Wildman–Crippen LogP) is 3.96. The lowest BCUT2D eigenvalue weighted by atomic mass is 10.1.